The number of nitrogens with zero attached hydrogens (tertiary/aromatic N) is 1. The number of piperidine rings is 1. The lowest BCUT2D eigenvalue weighted by molar-refractivity contribution is -0.0146. The van der Waals surface area contributed by atoms with Gasteiger partial charge in [0.05, 0.1) is 6.10 Å². The van der Waals surface area contributed by atoms with Crippen LogP contribution < -0.4 is 0 Å². The zero-order valence-corrected chi connectivity index (χ0v) is 18.2. The number of benzene rings is 2. The van der Waals surface area contributed by atoms with Gasteiger partial charge in [0.2, 0.25) is 0 Å². The zero-order valence-electron chi connectivity index (χ0n) is 17.4. The van der Waals surface area contributed by atoms with Crippen LogP contribution in [-0.2, 0) is 5.60 Å². The van der Waals surface area contributed by atoms with E-state index >= 15 is 0 Å². The molecule has 0 saturated carbocycles. The Balaban J connectivity index is 1.37. The summed E-state index contributed by atoms with van der Waals surface area (Å²) in [5.41, 5.74) is 1.01. The van der Waals surface area contributed by atoms with Crippen molar-refractivity contribution in [3.05, 3.63) is 94.2 Å². The molecule has 3 aromatic rings. The van der Waals surface area contributed by atoms with E-state index < -0.39 is 5.60 Å². The maximum Gasteiger partial charge on any atom is 0.117 e. The summed E-state index contributed by atoms with van der Waals surface area (Å²) in [5, 5.41) is 24.3. The monoisotopic (exact) mass is 421 g/mol. The van der Waals surface area contributed by atoms with Crippen molar-refractivity contribution in [1.82, 2.24) is 4.90 Å². The average Bonchev–Trinajstić information content (AvgIpc) is 3.35. The minimum Gasteiger partial charge on any atom is -0.388 e. The molecule has 4 rings (SSSR count). The first-order valence-electron chi connectivity index (χ1n) is 10.9. The molecule has 3 nitrogen and oxygen atoms in total. The third kappa shape index (κ3) is 4.68. The summed E-state index contributed by atoms with van der Waals surface area (Å²) >= 11 is 1.62. The normalized spacial score (nSPS) is 17.1. The number of hydrogen-bond donors (Lipinski definition) is 2. The molecule has 1 aromatic heterocycles. The number of aliphatic hydroxyl groups is 2. The maximum atomic E-state index is 12.0. The molecule has 1 aliphatic rings. The summed E-state index contributed by atoms with van der Waals surface area (Å²) in [5.74, 6) is 0.190. The fraction of sp³-hybridized carbons (Fsp3) is 0.385. The highest BCUT2D eigenvalue weighted by molar-refractivity contribution is 7.10. The van der Waals surface area contributed by atoms with Crippen molar-refractivity contribution in [2.24, 2.45) is 5.92 Å². The van der Waals surface area contributed by atoms with Gasteiger partial charge in [0.15, 0.2) is 0 Å². The van der Waals surface area contributed by atoms with Crippen LogP contribution >= 0.6 is 11.3 Å². The van der Waals surface area contributed by atoms with Gasteiger partial charge >= 0.3 is 0 Å². The zero-order chi connectivity index (χ0) is 20.8. The molecular formula is C26H31NO2S. The van der Waals surface area contributed by atoms with E-state index in [9.17, 15) is 10.2 Å². The van der Waals surface area contributed by atoms with E-state index in [0.717, 1.165) is 61.3 Å². The predicted octanol–water partition coefficient (Wildman–Crippen LogP) is 5.21. The second-order valence-corrected chi connectivity index (χ2v) is 9.27. The van der Waals surface area contributed by atoms with Crippen LogP contribution in [0, 0.1) is 5.92 Å². The highest BCUT2D eigenvalue weighted by Crippen LogP contribution is 2.41. The standard InChI is InChI=1S/C26H31NO2S/c28-24(25-14-8-20-30-25)13-7-17-27-18-15-23(16-19-27)26(29,21-9-3-1-4-10-21)22-11-5-2-6-12-22/h1-6,8-12,14,20,23-24,28-29H,7,13,15-19H2. The first-order chi connectivity index (χ1) is 14.7. The van der Waals surface area contributed by atoms with Crippen LogP contribution in [0.1, 0.15) is 47.8 Å². The van der Waals surface area contributed by atoms with Gasteiger partial charge in [-0.1, -0.05) is 66.7 Å². The molecule has 0 radical (unpaired) electrons. The van der Waals surface area contributed by atoms with E-state index in [0.29, 0.717) is 0 Å². The molecule has 0 amide bonds. The van der Waals surface area contributed by atoms with Crippen LogP contribution in [0.15, 0.2) is 78.2 Å². The molecule has 30 heavy (non-hydrogen) atoms. The summed E-state index contributed by atoms with van der Waals surface area (Å²) in [6, 6.07) is 24.2. The summed E-state index contributed by atoms with van der Waals surface area (Å²) in [4.78, 5) is 3.54. The smallest absolute Gasteiger partial charge is 0.117 e. The van der Waals surface area contributed by atoms with Crippen LogP contribution in [0.3, 0.4) is 0 Å². The van der Waals surface area contributed by atoms with Crippen molar-refractivity contribution < 1.29 is 10.2 Å². The molecule has 2 aromatic carbocycles. The molecule has 0 bridgehead atoms. The van der Waals surface area contributed by atoms with Crippen molar-refractivity contribution >= 4 is 11.3 Å². The van der Waals surface area contributed by atoms with Gasteiger partial charge in [-0.3, -0.25) is 0 Å². The minimum absolute atomic E-state index is 0.190. The third-order valence-electron chi connectivity index (χ3n) is 6.43. The lowest BCUT2D eigenvalue weighted by Gasteiger charge is -2.42. The molecule has 158 valence electrons. The second-order valence-electron chi connectivity index (χ2n) is 8.29. The summed E-state index contributed by atoms with van der Waals surface area (Å²) in [6.07, 6.45) is 3.38. The summed E-state index contributed by atoms with van der Waals surface area (Å²) in [7, 11) is 0. The molecule has 2 N–H and O–H groups in total. The SMILES string of the molecule is OC(CCCN1CCC(C(O)(c2ccccc2)c2ccccc2)CC1)c1cccs1. The lowest BCUT2D eigenvalue weighted by atomic mass is 9.72. The van der Waals surface area contributed by atoms with Crippen molar-refractivity contribution in [3.63, 3.8) is 0 Å². The predicted molar refractivity (Wildman–Crippen MR) is 124 cm³/mol. The van der Waals surface area contributed by atoms with Crippen LogP contribution in [0.5, 0.6) is 0 Å². The Labute approximate surface area is 183 Å². The van der Waals surface area contributed by atoms with E-state index in [4.69, 9.17) is 0 Å². The molecule has 0 spiro atoms. The molecular weight excluding hydrogens is 390 g/mol. The Bertz CT molecular complexity index is 834. The van der Waals surface area contributed by atoms with Crippen molar-refractivity contribution in [3.8, 4) is 0 Å². The first-order valence-corrected chi connectivity index (χ1v) is 11.8. The van der Waals surface area contributed by atoms with Gasteiger partial charge in [-0.25, -0.2) is 0 Å². The summed E-state index contributed by atoms with van der Waals surface area (Å²) < 4.78 is 0. The number of aliphatic hydroxyl groups excluding tert-OH is 1. The Morgan fingerprint density at radius 3 is 2.03 bits per heavy atom. The summed E-state index contributed by atoms with van der Waals surface area (Å²) in [6.45, 7) is 2.98. The van der Waals surface area contributed by atoms with Crippen LogP contribution in [0.25, 0.3) is 0 Å². The van der Waals surface area contributed by atoms with E-state index in [2.05, 4.69) is 4.90 Å². The van der Waals surface area contributed by atoms with Crippen molar-refractivity contribution in [2.45, 2.75) is 37.4 Å². The van der Waals surface area contributed by atoms with Gasteiger partial charge in [-0.05, 0) is 73.8 Å². The van der Waals surface area contributed by atoms with Crippen molar-refractivity contribution in [2.75, 3.05) is 19.6 Å². The van der Waals surface area contributed by atoms with Gasteiger partial charge < -0.3 is 15.1 Å². The molecule has 4 heteroatoms. The third-order valence-corrected chi connectivity index (χ3v) is 7.40. The number of hydrogen-bond acceptors (Lipinski definition) is 4. The van der Waals surface area contributed by atoms with E-state index in [1.54, 1.807) is 11.3 Å². The maximum absolute atomic E-state index is 12.0. The molecule has 1 saturated heterocycles. The Morgan fingerprint density at radius 2 is 1.50 bits per heavy atom. The number of rotatable bonds is 8. The minimum atomic E-state index is -0.954. The molecule has 1 fully saturated rings. The largest absolute Gasteiger partial charge is 0.388 e. The topological polar surface area (TPSA) is 43.7 Å². The second kappa shape index (κ2) is 9.88. The number of thiophene rings is 1. The first kappa shape index (κ1) is 21.3. The molecule has 1 atom stereocenters. The van der Waals surface area contributed by atoms with Gasteiger partial charge in [0, 0.05) is 4.88 Å². The Hall–Kier alpha value is -1.98. The van der Waals surface area contributed by atoms with Crippen LogP contribution in [-0.4, -0.2) is 34.7 Å². The Morgan fingerprint density at radius 1 is 0.900 bits per heavy atom. The van der Waals surface area contributed by atoms with Crippen molar-refractivity contribution in [1.29, 1.82) is 0 Å². The van der Waals surface area contributed by atoms with E-state index in [1.165, 1.54) is 0 Å². The van der Waals surface area contributed by atoms with Gasteiger partial charge in [-0.2, -0.15) is 0 Å². The van der Waals surface area contributed by atoms with Gasteiger partial charge in [-0.15, -0.1) is 11.3 Å². The number of likely N-dealkylation sites (tertiary alicyclic amines) is 1. The highest BCUT2D eigenvalue weighted by atomic mass is 32.1. The quantitative estimate of drug-likeness (QED) is 0.525. The Kier molecular flexibility index (Phi) is 7.00. The molecule has 1 aliphatic heterocycles. The van der Waals surface area contributed by atoms with Crippen LogP contribution in [0.2, 0.25) is 0 Å². The average molecular weight is 422 g/mol. The van der Waals surface area contributed by atoms with Gasteiger partial charge in [0.25, 0.3) is 0 Å². The van der Waals surface area contributed by atoms with Gasteiger partial charge in [0.1, 0.15) is 5.60 Å². The van der Waals surface area contributed by atoms with Crippen LogP contribution in [0.4, 0.5) is 0 Å². The lowest BCUT2D eigenvalue weighted by Crippen LogP contribution is -2.44. The fourth-order valence-electron chi connectivity index (χ4n) is 4.73. The highest BCUT2D eigenvalue weighted by Gasteiger charge is 2.41. The van der Waals surface area contributed by atoms with E-state index in [-0.39, 0.29) is 12.0 Å². The fourth-order valence-corrected chi connectivity index (χ4v) is 5.47. The molecule has 0 aliphatic carbocycles. The van der Waals surface area contributed by atoms with E-state index in [1.807, 2.05) is 78.2 Å². The molecule has 2 heterocycles. The molecule has 1 unspecified atom stereocenters.